The largest absolute Gasteiger partial charge is 0.469 e. The minimum absolute atomic E-state index is 0.0637. The van der Waals surface area contributed by atoms with Gasteiger partial charge in [0, 0.05) is 6.54 Å². The SMILES string of the molecule is COC(=O)C1CNCCC1C. The highest BCUT2D eigenvalue weighted by molar-refractivity contribution is 5.73. The van der Waals surface area contributed by atoms with Crippen molar-refractivity contribution < 1.29 is 9.53 Å². The van der Waals surface area contributed by atoms with Crippen LogP contribution in [-0.2, 0) is 9.53 Å². The van der Waals surface area contributed by atoms with Crippen LogP contribution >= 0.6 is 0 Å². The van der Waals surface area contributed by atoms with Gasteiger partial charge in [-0.2, -0.15) is 0 Å². The van der Waals surface area contributed by atoms with Gasteiger partial charge in [0.2, 0.25) is 0 Å². The molecule has 11 heavy (non-hydrogen) atoms. The number of nitrogens with one attached hydrogen (secondary N) is 1. The van der Waals surface area contributed by atoms with E-state index in [1.54, 1.807) is 0 Å². The summed E-state index contributed by atoms with van der Waals surface area (Å²) >= 11 is 0. The fraction of sp³-hybridized carbons (Fsp3) is 0.875. The number of carbonyl (C=O) groups excluding carboxylic acids is 1. The summed E-state index contributed by atoms with van der Waals surface area (Å²) in [4.78, 5) is 11.1. The Morgan fingerprint density at radius 1 is 1.64 bits per heavy atom. The van der Waals surface area contributed by atoms with E-state index in [1.165, 1.54) is 7.11 Å². The molecule has 0 aromatic heterocycles. The van der Waals surface area contributed by atoms with Crippen molar-refractivity contribution >= 4 is 5.97 Å². The molecule has 64 valence electrons. The molecule has 0 aromatic carbocycles. The Balaban J connectivity index is 2.47. The van der Waals surface area contributed by atoms with Crippen molar-refractivity contribution in [2.24, 2.45) is 11.8 Å². The fourth-order valence-electron chi connectivity index (χ4n) is 1.46. The molecule has 1 saturated heterocycles. The van der Waals surface area contributed by atoms with Crippen molar-refractivity contribution in [2.45, 2.75) is 13.3 Å². The second-order valence-corrected chi connectivity index (χ2v) is 3.10. The lowest BCUT2D eigenvalue weighted by Crippen LogP contribution is -2.40. The van der Waals surface area contributed by atoms with E-state index in [0.717, 1.165) is 19.5 Å². The van der Waals surface area contributed by atoms with E-state index in [9.17, 15) is 4.79 Å². The van der Waals surface area contributed by atoms with E-state index in [2.05, 4.69) is 17.0 Å². The lowest BCUT2D eigenvalue weighted by atomic mass is 9.88. The number of rotatable bonds is 1. The standard InChI is InChI=1S/C8H15NO2/c1-6-3-4-9-5-7(6)8(10)11-2/h6-7,9H,3-5H2,1-2H3. The van der Waals surface area contributed by atoms with Gasteiger partial charge in [0.25, 0.3) is 0 Å². The summed E-state index contributed by atoms with van der Waals surface area (Å²) in [5, 5.41) is 3.18. The summed E-state index contributed by atoms with van der Waals surface area (Å²) in [5.41, 5.74) is 0. The highest BCUT2D eigenvalue weighted by atomic mass is 16.5. The highest BCUT2D eigenvalue weighted by Crippen LogP contribution is 2.18. The molecule has 1 heterocycles. The zero-order valence-corrected chi connectivity index (χ0v) is 7.09. The van der Waals surface area contributed by atoms with Gasteiger partial charge in [-0.25, -0.2) is 0 Å². The third-order valence-corrected chi connectivity index (χ3v) is 2.33. The Morgan fingerprint density at radius 3 is 2.91 bits per heavy atom. The normalized spacial score (nSPS) is 31.5. The van der Waals surface area contributed by atoms with Crippen LogP contribution in [0.15, 0.2) is 0 Å². The number of carbonyl (C=O) groups is 1. The van der Waals surface area contributed by atoms with E-state index in [-0.39, 0.29) is 11.9 Å². The smallest absolute Gasteiger partial charge is 0.310 e. The molecule has 0 spiro atoms. The van der Waals surface area contributed by atoms with Gasteiger partial charge >= 0.3 is 5.97 Å². The number of ether oxygens (including phenoxy) is 1. The molecule has 1 N–H and O–H groups in total. The van der Waals surface area contributed by atoms with Crippen LogP contribution in [0.1, 0.15) is 13.3 Å². The van der Waals surface area contributed by atoms with Gasteiger partial charge in [-0.3, -0.25) is 4.79 Å². The van der Waals surface area contributed by atoms with E-state index in [4.69, 9.17) is 0 Å². The first-order chi connectivity index (χ1) is 5.25. The van der Waals surface area contributed by atoms with Crippen molar-refractivity contribution in [3.8, 4) is 0 Å². The first-order valence-electron chi connectivity index (χ1n) is 4.04. The van der Waals surface area contributed by atoms with Crippen molar-refractivity contribution in [3.63, 3.8) is 0 Å². The third kappa shape index (κ3) is 1.93. The van der Waals surface area contributed by atoms with Crippen LogP contribution < -0.4 is 5.32 Å². The minimum Gasteiger partial charge on any atom is -0.469 e. The van der Waals surface area contributed by atoms with Gasteiger partial charge in [0.05, 0.1) is 13.0 Å². The Morgan fingerprint density at radius 2 is 2.36 bits per heavy atom. The van der Waals surface area contributed by atoms with Crippen LogP contribution in [0, 0.1) is 11.8 Å². The average molecular weight is 157 g/mol. The lowest BCUT2D eigenvalue weighted by Gasteiger charge is -2.26. The van der Waals surface area contributed by atoms with E-state index >= 15 is 0 Å². The van der Waals surface area contributed by atoms with E-state index in [1.807, 2.05) is 0 Å². The zero-order valence-electron chi connectivity index (χ0n) is 7.09. The van der Waals surface area contributed by atoms with Gasteiger partial charge in [-0.1, -0.05) is 6.92 Å². The summed E-state index contributed by atoms with van der Waals surface area (Å²) < 4.78 is 4.68. The van der Waals surface area contributed by atoms with Crippen LogP contribution in [0.25, 0.3) is 0 Å². The topological polar surface area (TPSA) is 38.3 Å². The molecule has 1 fully saturated rings. The van der Waals surface area contributed by atoms with Gasteiger partial charge in [-0.05, 0) is 18.9 Å². The van der Waals surface area contributed by atoms with Crippen LogP contribution in [0.5, 0.6) is 0 Å². The number of hydrogen-bond acceptors (Lipinski definition) is 3. The molecule has 3 heteroatoms. The maximum atomic E-state index is 11.1. The first-order valence-corrected chi connectivity index (χ1v) is 4.04. The molecule has 3 nitrogen and oxygen atoms in total. The molecule has 0 saturated carbocycles. The van der Waals surface area contributed by atoms with Gasteiger partial charge in [0.15, 0.2) is 0 Å². The van der Waals surface area contributed by atoms with E-state index in [0.29, 0.717) is 5.92 Å². The molecule has 1 aliphatic heterocycles. The molecule has 1 aliphatic rings. The Labute approximate surface area is 67.1 Å². The van der Waals surface area contributed by atoms with Crippen molar-refractivity contribution in [3.05, 3.63) is 0 Å². The van der Waals surface area contributed by atoms with Gasteiger partial charge in [0.1, 0.15) is 0 Å². The maximum absolute atomic E-state index is 11.1. The quantitative estimate of drug-likeness (QED) is 0.560. The number of piperidine rings is 1. The van der Waals surface area contributed by atoms with Crippen LogP contribution in [0.3, 0.4) is 0 Å². The third-order valence-electron chi connectivity index (χ3n) is 2.33. The molecule has 0 bridgehead atoms. The van der Waals surface area contributed by atoms with Crippen LogP contribution in [0.2, 0.25) is 0 Å². The molecule has 0 radical (unpaired) electrons. The average Bonchev–Trinajstić information content (AvgIpc) is 2.04. The van der Waals surface area contributed by atoms with Crippen molar-refractivity contribution in [1.29, 1.82) is 0 Å². The monoisotopic (exact) mass is 157 g/mol. The fourth-order valence-corrected chi connectivity index (χ4v) is 1.46. The summed E-state index contributed by atoms with van der Waals surface area (Å²) in [6, 6.07) is 0. The summed E-state index contributed by atoms with van der Waals surface area (Å²) in [6.07, 6.45) is 1.07. The highest BCUT2D eigenvalue weighted by Gasteiger charge is 2.27. The van der Waals surface area contributed by atoms with Crippen molar-refractivity contribution in [1.82, 2.24) is 5.32 Å². The predicted octanol–water partition coefficient (Wildman–Crippen LogP) is 0.405. The first kappa shape index (κ1) is 8.53. The second-order valence-electron chi connectivity index (χ2n) is 3.10. The predicted molar refractivity (Wildman–Crippen MR) is 42.2 cm³/mol. The number of esters is 1. The number of hydrogen-bond donors (Lipinski definition) is 1. The zero-order chi connectivity index (χ0) is 8.27. The maximum Gasteiger partial charge on any atom is 0.310 e. The van der Waals surface area contributed by atoms with Crippen LogP contribution in [0.4, 0.5) is 0 Å². The molecule has 0 aliphatic carbocycles. The molecular weight excluding hydrogens is 142 g/mol. The molecule has 1 rings (SSSR count). The summed E-state index contributed by atoms with van der Waals surface area (Å²) in [6.45, 7) is 3.89. The Kier molecular flexibility index (Phi) is 2.88. The molecule has 2 unspecified atom stereocenters. The van der Waals surface area contributed by atoms with Crippen LogP contribution in [-0.4, -0.2) is 26.2 Å². The minimum atomic E-state index is -0.0790. The van der Waals surface area contributed by atoms with Gasteiger partial charge in [-0.15, -0.1) is 0 Å². The lowest BCUT2D eigenvalue weighted by molar-refractivity contribution is -0.147. The van der Waals surface area contributed by atoms with E-state index < -0.39 is 0 Å². The Bertz CT molecular complexity index is 147. The molecule has 0 amide bonds. The molecular formula is C8H15NO2. The number of methoxy groups -OCH3 is 1. The molecule has 2 atom stereocenters. The van der Waals surface area contributed by atoms with Gasteiger partial charge < -0.3 is 10.1 Å². The molecule has 0 aromatic rings. The summed E-state index contributed by atoms with van der Waals surface area (Å²) in [7, 11) is 1.45. The second kappa shape index (κ2) is 3.72. The Hall–Kier alpha value is -0.570. The van der Waals surface area contributed by atoms with Crippen molar-refractivity contribution in [2.75, 3.05) is 20.2 Å². The summed E-state index contributed by atoms with van der Waals surface area (Å²) in [5.74, 6) is 0.446.